The van der Waals surface area contributed by atoms with Gasteiger partial charge in [-0.25, -0.2) is 9.97 Å². The highest BCUT2D eigenvalue weighted by molar-refractivity contribution is 6.29. The summed E-state index contributed by atoms with van der Waals surface area (Å²) in [5, 5.41) is 7.90. The minimum atomic E-state index is 0.532. The normalized spacial score (nSPS) is 17.1. The Morgan fingerprint density at radius 1 is 1.13 bits per heavy atom. The molecule has 0 radical (unpaired) electrons. The average Bonchev–Trinajstić information content (AvgIpc) is 2.98. The van der Waals surface area contributed by atoms with Crippen molar-refractivity contribution in [3.05, 3.63) is 70.9 Å². The molecule has 2 heterocycles. The highest BCUT2D eigenvalue weighted by Crippen LogP contribution is 2.27. The fourth-order valence-corrected chi connectivity index (χ4v) is 4.23. The van der Waals surface area contributed by atoms with Crippen LogP contribution in [0.1, 0.15) is 44.1 Å². The zero-order valence-corrected chi connectivity index (χ0v) is 18.3. The molecule has 1 saturated carbocycles. The van der Waals surface area contributed by atoms with E-state index in [4.69, 9.17) is 16.6 Å². The van der Waals surface area contributed by atoms with E-state index in [1.165, 1.54) is 32.1 Å². The van der Waals surface area contributed by atoms with Crippen LogP contribution in [0.15, 0.2) is 65.4 Å². The summed E-state index contributed by atoms with van der Waals surface area (Å²) in [6, 6.07) is 8.77. The third kappa shape index (κ3) is 5.51. The second-order valence-electron chi connectivity index (χ2n) is 8.09. The van der Waals surface area contributed by atoms with Gasteiger partial charge in [0.15, 0.2) is 0 Å². The lowest BCUT2D eigenvalue weighted by atomic mass is 9.95. The molecule has 2 aliphatic carbocycles. The number of rotatable bonds is 6. The standard InChI is InChI=1S/C25H29ClN4/c1-18-16-27-25(29-21-10-3-2-4-11-21)15-22(18)23-12-7-13-24(30-23)28-17-19-8-5-6-9-20(26)14-19/h5-8,12-16,21H,2-4,9-11,17H2,1H3,(H,27,29)(H,28,30). The first kappa shape index (κ1) is 20.7. The van der Waals surface area contributed by atoms with E-state index in [1.807, 2.05) is 30.5 Å². The number of anilines is 2. The Kier molecular flexibility index (Phi) is 6.85. The number of nitrogens with one attached hydrogen (secondary N) is 2. The van der Waals surface area contributed by atoms with Gasteiger partial charge in [-0.1, -0.05) is 55.2 Å². The second kappa shape index (κ2) is 9.94. The summed E-state index contributed by atoms with van der Waals surface area (Å²) in [5.41, 5.74) is 4.33. The van der Waals surface area contributed by atoms with Crippen molar-refractivity contribution < 1.29 is 0 Å². The summed E-state index contributed by atoms with van der Waals surface area (Å²) >= 11 is 6.22. The van der Waals surface area contributed by atoms with Gasteiger partial charge in [-0.2, -0.15) is 0 Å². The molecule has 2 N–H and O–H groups in total. The predicted molar refractivity (Wildman–Crippen MR) is 127 cm³/mol. The van der Waals surface area contributed by atoms with Crippen LogP contribution in [0.25, 0.3) is 11.3 Å². The number of hydrogen-bond donors (Lipinski definition) is 2. The van der Waals surface area contributed by atoms with Crippen LogP contribution in [0.3, 0.4) is 0 Å². The first-order chi connectivity index (χ1) is 14.7. The van der Waals surface area contributed by atoms with Crippen molar-refractivity contribution in [1.82, 2.24) is 9.97 Å². The molecule has 30 heavy (non-hydrogen) atoms. The molecular formula is C25H29ClN4. The number of nitrogens with zero attached hydrogens (tertiary/aromatic N) is 2. The van der Waals surface area contributed by atoms with Gasteiger partial charge in [-0.3, -0.25) is 0 Å². The van der Waals surface area contributed by atoms with Crippen molar-refractivity contribution in [3.8, 4) is 11.3 Å². The van der Waals surface area contributed by atoms with Crippen LogP contribution in [-0.2, 0) is 0 Å². The molecule has 0 bridgehead atoms. The van der Waals surface area contributed by atoms with Crippen LogP contribution in [-0.4, -0.2) is 22.6 Å². The van der Waals surface area contributed by atoms with E-state index in [1.54, 1.807) is 0 Å². The van der Waals surface area contributed by atoms with Gasteiger partial charge in [-0.15, -0.1) is 0 Å². The van der Waals surface area contributed by atoms with Gasteiger partial charge in [-0.05, 0) is 55.2 Å². The minimum absolute atomic E-state index is 0.532. The summed E-state index contributed by atoms with van der Waals surface area (Å²) < 4.78 is 0. The van der Waals surface area contributed by atoms with Crippen molar-refractivity contribution in [3.63, 3.8) is 0 Å². The van der Waals surface area contributed by atoms with Crippen LogP contribution in [0.4, 0.5) is 11.6 Å². The van der Waals surface area contributed by atoms with Gasteiger partial charge in [0.25, 0.3) is 0 Å². The summed E-state index contributed by atoms with van der Waals surface area (Å²) in [7, 11) is 0. The molecule has 0 saturated heterocycles. The van der Waals surface area contributed by atoms with Crippen LogP contribution >= 0.6 is 11.6 Å². The molecule has 1 fully saturated rings. The predicted octanol–water partition coefficient (Wildman–Crippen LogP) is 6.62. The SMILES string of the molecule is Cc1cnc(NC2CCCCC2)cc1-c1cccc(NCC2=CC=CCC(Cl)=C2)n1. The Balaban J connectivity index is 1.49. The van der Waals surface area contributed by atoms with E-state index < -0.39 is 0 Å². The topological polar surface area (TPSA) is 49.8 Å². The maximum absolute atomic E-state index is 6.22. The van der Waals surface area contributed by atoms with Crippen LogP contribution in [0, 0.1) is 6.92 Å². The number of halogens is 1. The van der Waals surface area contributed by atoms with Crippen molar-refractivity contribution in [1.29, 1.82) is 0 Å². The zero-order valence-electron chi connectivity index (χ0n) is 17.5. The van der Waals surface area contributed by atoms with Gasteiger partial charge < -0.3 is 10.6 Å². The van der Waals surface area contributed by atoms with Gasteiger partial charge in [0.1, 0.15) is 11.6 Å². The van der Waals surface area contributed by atoms with Crippen molar-refractivity contribution in [2.45, 2.75) is 51.5 Å². The Hall–Kier alpha value is -2.59. The Labute approximate surface area is 184 Å². The first-order valence-corrected chi connectivity index (χ1v) is 11.2. The number of hydrogen-bond acceptors (Lipinski definition) is 4. The minimum Gasteiger partial charge on any atom is -0.367 e. The zero-order chi connectivity index (χ0) is 20.8. The van der Waals surface area contributed by atoms with Gasteiger partial charge in [0.2, 0.25) is 0 Å². The first-order valence-electron chi connectivity index (χ1n) is 10.8. The highest BCUT2D eigenvalue weighted by Gasteiger charge is 2.14. The lowest BCUT2D eigenvalue weighted by Crippen LogP contribution is -2.22. The second-order valence-corrected chi connectivity index (χ2v) is 8.58. The largest absolute Gasteiger partial charge is 0.367 e. The van der Waals surface area contributed by atoms with E-state index in [0.717, 1.165) is 45.5 Å². The lowest BCUT2D eigenvalue weighted by Gasteiger charge is -2.23. The van der Waals surface area contributed by atoms with Crippen molar-refractivity contribution >= 4 is 23.2 Å². The number of aromatic nitrogens is 2. The van der Waals surface area contributed by atoms with Gasteiger partial charge in [0, 0.05) is 35.8 Å². The van der Waals surface area contributed by atoms with Crippen molar-refractivity contribution in [2.75, 3.05) is 17.2 Å². The summed E-state index contributed by atoms with van der Waals surface area (Å²) in [6.07, 6.45) is 17.4. The molecule has 2 aliphatic rings. The molecular weight excluding hydrogens is 392 g/mol. The Bertz CT molecular complexity index is 971. The Morgan fingerprint density at radius 3 is 2.87 bits per heavy atom. The molecule has 2 aromatic heterocycles. The summed E-state index contributed by atoms with van der Waals surface area (Å²) in [5.74, 6) is 1.79. The molecule has 0 aromatic carbocycles. The third-order valence-electron chi connectivity index (χ3n) is 5.66. The number of aryl methyl sites for hydroxylation is 1. The summed E-state index contributed by atoms with van der Waals surface area (Å²) in [6.45, 7) is 2.77. The third-order valence-corrected chi connectivity index (χ3v) is 5.92. The fraction of sp³-hybridized carbons (Fsp3) is 0.360. The molecule has 2 aromatic rings. The molecule has 0 amide bonds. The van der Waals surface area contributed by atoms with Crippen LogP contribution in [0.5, 0.6) is 0 Å². The van der Waals surface area contributed by atoms with E-state index in [0.29, 0.717) is 12.6 Å². The monoisotopic (exact) mass is 420 g/mol. The highest BCUT2D eigenvalue weighted by atomic mass is 35.5. The van der Waals surface area contributed by atoms with Gasteiger partial charge >= 0.3 is 0 Å². The van der Waals surface area contributed by atoms with Crippen molar-refractivity contribution in [2.24, 2.45) is 0 Å². The van der Waals surface area contributed by atoms with E-state index in [9.17, 15) is 0 Å². The molecule has 0 atom stereocenters. The summed E-state index contributed by atoms with van der Waals surface area (Å²) in [4.78, 5) is 9.46. The quantitative estimate of drug-likeness (QED) is 0.551. The molecule has 4 nitrogen and oxygen atoms in total. The van der Waals surface area contributed by atoms with Gasteiger partial charge in [0.05, 0.1) is 5.69 Å². The molecule has 5 heteroatoms. The molecule has 4 rings (SSSR count). The molecule has 0 spiro atoms. The molecule has 156 valence electrons. The van der Waals surface area contributed by atoms with E-state index in [-0.39, 0.29) is 0 Å². The maximum Gasteiger partial charge on any atom is 0.126 e. The average molecular weight is 421 g/mol. The molecule has 0 unspecified atom stereocenters. The van der Waals surface area contributed by atoms with Crippen LogP contribution < -0.4 is 10.6 Å². The number of allylic oxidation sites excluding steroid dienone is 4. The van der Waals surface area contributed by atoms with E-state index >= 15 is 0 Å². The number of pyridine rings is 2. The smallest absolute Gasteiger partial charge is 0.126 e. The molecule has 0 aliphatic heterocycles. The van der Waals surface area contributed by atoms with E-state index in [2.05, 4.69) is 46.8 Å². The lowest BCUT2D eigenvalue weighted by molar-refractivity contribution is 0.462. The fourth-order valence-electron chi connectivity index (χ4n) is 4.00. The van der Waals surface area contributed by atoms with Crippen LogP contribution in [0.2, 0.25) is 0 Å². The maximum atomic E-state index is 6.22. The Morgan fingerprint density at radius 2 is 2.00 bits per heavy atom.